The van der Waals surface area contributed by atoms with E-state index in [1.165, 1.54) is 15.7 Å². The SMILES string of the molecule is Cc1cc(C)cc(NCCn2c(C)cn3c4c(=O)[nH]c(=O)n(C)c4nc23)c1. The number of rotatable bonds is 4. The Hall–Kier alpha value is -3.29. The minimum Gasteiger partial charge on any atom is -0.383 e. The molecule has 3 heterocycles. The molecule has 2 N–H and O–H groups in total. The molecule has 4 aromatic rings. The van der Waals surface area contributed by atoms with Crippen molar-refractivity contribution >= 4 is 22.6 Å². The Morgan fingerprint density at radius 3 is 2.52 bits per heavy atom. The van der Waals surface area contributed by atoms with Crippen molar-refractivity contribution in [3.05, 3.63) is 62.1 Å². The van der Waals surface area contributed by atoms with E-state index in [9.17, 15) is 9.59 Å². The Balaban J connectivity index is 1.69. The van der Waals surface area contributed by atoms with E-state index < -0.39 is 11.2 Å². The van der Waals surface area contributed by atoms with Gasteiger partial charge in [0.25, 0.3) is 5.56 Å². The molecular formula is C19H22N6O2. The third-order valence-electron chi connectivity index (χ3n) is 4.80. The second-order valence-corrected chi connectivity index (χ2v) is 7.00. The summed E-state index contributed by atoms with van der Waals surface area (Å²) in [5, 5.41) is 3.44. The van der Waals surface area contributed by atoms with Gasteiger partial charge >= 0.3 is 5.69 Å². The Labute approximate surface area is 155 Å². The van der Waals surface area contributed by atoms with Crippen LogP contribution in [0.5, 0.6) is 0 Å². The maximum absolute atomic E-state index is 12.3. The maximum Gasteiger partial charge on any atom is 0.329 e. The lowest BCUT2D eigenvalue weighted by atomic mass is 10.1. The van der Waals surface area contributed by atoms with Gasteiger partial charge in [0.2, 0.25) is 5.78 Å². The quantitative estimate of drug-likeness (QED) is 0.575. The monoisotopic (exact) mass is 366 g/mol. The number of aryl methyl sites for hydroxylation is 4. The molecule has 0 radical (unpaired) electrons. The van der Waals surface area contributed by atoms with Crippen LogP contribution in [0.4, 0.5) is 5.69 Å². The van der Waals surface area contributed by atoms with Crippen LogP contribution in [-0.2, 0) is 13.6 Å². The van der Waals surface area contributed by atoms with Crippen molar-refractivity contribution in [2.75, 3.05) is 11.9 Å². The molecule has 8 heteroatoms. The third kappa shape index (κ3) is 2.83. The van der Waals surface area contributed by atoms with E-state index in [0.717, 1.165) is 11.4 Å². The van der Waals surface area contributed by atoms with E-state index >= 15 is 0 Å². The summed E-state index contributed by atoms with van der Waals surface area (Å²) in [7, 11) is 1.60. The molecule has 0 saturated heterocycles. The van der Waals surface area contributed by atoms with E-state index in [2.05, 4.69) is 47.3 Å². The molecule has 0 saturated carbocycles. The van der Waals surface area contributed by atoms with Crippen LogP contribution >= 0.6 is 0 Å². The summed E-state index contributed by atoms with van der Waals surface area (Å²) in [5.41, 5.74) is 4.40. The molecule has 0 bridgehead atoms. The predicted octanol–water partition coefficient (Wildman–Crippen LogP) is 1.71. The Bertz CT molecular complexity index is 1270. The number of anilines is 1. The van der Waals surface area contributed by atoms with Crippen molar-refractivity contribution in [2.45, 2.75) is 27.3 Å². The van der Waals surface area contributed by atoms with Crippen molar-refractivity contribution in [3.8, 4) is 0 Å². The summed E-state index contributed by atoms with van der Waals surface area (Å²) < 4.78 is 5.15. The van der Waals surface area contributed by atoms with Gasteiger partial charge in [-0.3, -0.25) is 18.7 Å². The van der Waals surface area contributed by atoms with Crippen LogP contribution in [0, 0.1) is 20.8 Å². The molecule has 0 fully saturated rings. The van der Waals surface area contributed by atoms with Crippen molar-refractivity contribution in [1.29, 1.82) is 0 Å². The number of H-pyrrole nitrogens is 1. The Morgan fingerprint density at radius 1 is 1.11 bits per heavy atom. The molecule has 140 valence electrons. The second kappa shape index (κ2) is 6.15. The molecule has 0 spiro atoms. The zero-order valence-electron chi connectivity index (χ0n) is 15.8. The fraction of sp³-hybridized carbons (Fsp3) is 0.316. The van der Waals surface area contributed by atoms with Gasteiger partial charge in [0, 0.05) is 37.7 Å². The van der Waals surface area contributed by atoms with Crippen molar-refractivity contribution in [1.82, 2.24) is 23.5 Å². The molecule has 1 aromatic carbocycles. The first-order chi connectivity index (χ1) is 12.8. The molecule has 0 aliphatic rings. The predicted molar refractivity (Wildman–Crippen MR) is 106 cm³/mol. The molecule has 4 rings (SSSR count). The molecule has 3 aromatic heterocycles. The largest absolute Gasteiger partial charge is 0.383 e. The van der Waals surface area contributed by atoms with Crippen LogP contribution in [0.2, 0.25) is 0 Å². The van der Waals surface area contributed by atoms with E-state index in [1.807, 2.05) is 17.7 Å². The maximum atomic E-state index is 12.3. The van der Waals surface area contributed by atoms with Crippen LogP contribution in [0.25, 0.3) is 16.9 Å². The molecule has 0 aliphatic carbocycles. The van der Waals surface area contributed by atoms with E-state index in [4.69, 9.17) is 0 Å². The minimum atomic E-state index is -0.465. The van der Waals surface area contributed by atoms with Crippen LogP contribution < -0.4 is 16.6 Å². The van der Waals surface area contributed by atoms with Gasteiger partial charge in [-0.15, -0.1) is 0 Å². The average molecular weight is 366 g/mol. The molecular weight excluding hydrogens is 344 g/mol. The Morgan fingerprint density at radius 2 is 1.81 bits per heavy atom. The number of hydrogen-bond donors (Lipinski definition) is 2. The summed E-state index contributed by atoms with van der Waals surface area (Å²) in [4.78, 5) is 31.0. The van der Waals surface area contributed by atoms with E-state index in [-0.39, 0.29) is 0 Å². The van der Waals surface area contributed by atoms with Gasteiger partial charge in [-0.25, -0.2) is 4.79 Å². The molecule has 27 heavy (non-hydrogen) atoms. The number of nitrogens with one attached hydrogen (secondary N) is 2. The van der Waals surface area contributed by atoms with Crippen LogP contribution in [-0.4, -0.2) is 30.0 Å². The highest BCUT2D eigenvalue weighted by Gasteiger charge is 2.17. The molecule has 0 amide bonds. The van der Waals surface area contributed by atoms with Gasteiger partial charge in [0.15, 0.2) is 11.2 Å². The minimum absolute atomic E-state index is 0.384. The summed E-state index contributed by atoms with van der Waals surface area (Å²) in [5.74, 6) is 0.649. The first-order valence-corrected chi connectivity index (χ1v) is 8.84. The van der Waals surface area contributed by atoms with Crippen LogP contribution in [0.1, 0.15) is 16.8 Å². The topological polar surface area (TPSA) is 89.1 Å². The normalized spacial score (nSPS) is 11.6. The third-order valence-corrected chi connectivity index (χ3v) is 4.80. The van der Waals surface area contributed by atoms with Crippen LogP contribution in [0.3, 0.4) is 0 Å². The van der Waals surface area contributed by atoms with Crippen LogP contribution in [0.15, 0.2) is 34.0 Å². The van der Waals surface area contributed by atoms with Gasteiger partial charge in [0.05, 0.1) is 0 Å². The Kier molecular flexibility index (Phi) is 3.91. The summed E-state index contributed by atoms with van der Waals surface area (Å²) in [6.07, 6.45) is 1.88. The van der Waals surface area contributed by atoms with E-state index in [1.54, 1.807) is 11.4 Å². The fourth-order valence-corrected chi connectivity index (χ4v) is 3.58. The zero-order chi connectivity index (χ0) is 19.3. The number of hydrogen-bond acceptors (Lipinski definition) is 4. The fourth-order valence-electron chi connectivity index (χ4n) is 3.58. The number of benzene rings is 1. The summed E-state index contributed by atoms with van der Waals surface area (Å²) in [6.45, 7) is 7.54. The number of nitrogens with zero attached hydrogens (tertiary/aromatic N) is 4. The highest BCUT2D eigenvalue weighted by molar-refractivity contribution is 5.75. The molecule has 0 atom stereocenters. The smallest absolute Gasteiger partial charge is 0.329 e. The standard InChI is InChI=1S/C19H22N6O2/c1-11-7-12(2)9-14(8-11)20-5-6-24-13(3)10-25-15-16(21-18(24)25)23(4)19(27)22-17(15)26/h7-10,20H,5-6H2,1-4H3,(H,22,26,27). The van der Waals surface area contributed by atoms with Gasteiger partial charge in [-0.1, -0.05) is 6.07 Å². The summed E-state index contributed by atoms with van der Waals surface area (Å²) in [6, 6.07) is 6.37. The number of fused-ring (bicyclic) bond motifs is 3. The molecule has 8 nitrogen and oxygen atoms in total. The number of aromatic nitrogens is 5. The van der Waals surface area contributed by atoms with Gasteiger partial charge in [0.1, 0.15) is 0 Å². The van der Waals surface area contributed by atoms with Crippen molar-refractivity contribution < 1.29 is 0 Å². The first-order valence-electron chi connectivity index (χ1n) is 8.84. The lowest BCUT2D eigenvalue weighted by Gasteiger charge is -2.10. The van der Waals surface area contributed by atoms with Gasteiger partial charge in [-0.2, -0.15) is 4.98 Å². The highest BCUT2D eigenvalue weighted by atomic mass is 16.2. The first kappa shape index (κ1) is 17.1. The second-order valence-electron chi connectivity index (χ2n) is 7.00. The molecule has 0 unspecified atom stereocenters. The van der Waals surface area contributed by atoms with Crippen molar-refractivity contribution in [3.63, 3.8) is 0 Å². The number of aromatic amines is 1. The van der Waals surface area contributed by atoms with Crippen molar-refractivity contribution in [2.24, 2.45) is 7.05 Å². The lowest BCUT2D eigenvalue weighted by molar-refractivity contribution is 0.724. The van der Waals surface area contributed by atoms with Gasteiger partial charge in [-0.05, 0) is 44.0 Å². The molecule has 0 aliphatic heterocycles. The zero-order valence-corrected chi connectivity index (χ0v) is 15.8. The average Bonchev–Trinajstić information content (AvgIpc) is 3.08. The lowest BCUT2D eigenvalue weighted by Crippen LogP contribution is -2.28. The van der Waals surface area contributed by atoms with E-state index in [0.29, 0.717) is 30.0 Å². The highest BCUT2D eigenvalue weighted by Crippen LogP contribution is 2.17. The number of imidazole rings is 2. The summed E-state index contributed by atoms with van der Waals surface area (Å²) >= 11 is 0. The van der Waals surface area contributed by atoms with Gasteiger partial charge < -0.3 is 9.88 Å².